The SMILES string of the molecule is C[C@@H]1CN(C(=O)C[C@@H]2CCc3ccccc3C2)CC[C@H]1C(=O)O. The summed E-state index contributed by atoms with van der Waals surface area (Å²) in [5, 5.41) is 9.18. The molecule has 1 heterocycles. The van der Waals surface area contributed by atoms with E-state index < -0.39 is 5.97 Å². The van der Waals surface area contributed by atoms with Crippen molar-refractivity contribution in [1.82, 2.24) is 4.90 Å². The second-order valence-electron chi connectivity index (χ2n) is 7.13. The number of fused-ring (bicyclic) bond motifs is 1. The lowest BCUT2D eigenvalue weighted by atomic mass is 9.81. The number of rotatable bonds is 3. The summed E-state index contributed by atoms with van der Waals surface area (Å²) < 4.78 is 0. The van der Waals surface area contributed by atoms with Gasteiger partial charge in [0.2, 0.25) is 5.91 Å². The number of piperidine rings is 1. The lowest BCUT2D eigenvalue weighted by molar-refractivity contribution is -0.148. The van der Waals surface area contributed by atoms with Gasteiger partial charge in [0.25, 0.3) is 0 Å². The Balaban J connectivity index is 1.55. The van der Waals surface area contributed by atoms with Gasteiger partial charge in [0.05, 0.1) is 5.92 Å². The highest BCUT2D eigenvalue weighted by atomic mass is 16.4. The van der Waals surface area contributed by atoms with Crippen molar-refractivity contribution in [3.05, 3.63) is 35.4 Å². The van der Waals surface area contributed by atoms with Gasteiger partial charge in [0, 0.05) is 19.5 Å². The van der Waals surface area contributed by atoms with Crippen LogP contribution in [0.3, 0.4) is 0 Å². The van der Waals surface area contributed by atoms with Gasteiger partial charge in [0.1, 0.15) is 0 Å². The Hall–Kier alpha value is -1.84. The molecule has 0 spiro atoms. The topological polar surface area (TPSA) is 57.6 Å². The molecule has 23 heavy (non-hydrogen) atoms. The third-order valence-electron chi connectivity index (χ3n) is 5.49. The van der Waals surface area contributed by atoms with Crippen molar-refractivity contribution in [3.8, 4) is 0 Å². The van der Waals surface area contributed by atoms with E-state index in [1.165, 1.54) is 11.1 Å². The highest BCUT2D eigenvalue weighted by molar-refractivity contribution is 5.77. The Morgan fingerprint density at radius 3 is 2.65 bits per heavy atom. The molecule has 124 valence electrons. The molecule has 1 aromatic rings. The molecule has 0 bridgehead atoms. The standard InChI is InChI=1S/C19H25NO3/c1-13-12-20(9-8-17(13)19(22)23)18(21)11-14-6-7-15-4-2-3-5-16(15)10-14/h2-5,13-14,17H,6-12H2,1H3,(H,22,23)/t13-,14-,17-/m1/s1. The number of aliphatic carboxylic acids is 1. The molecule has 1 N–H and O–H groups in total. The molecule has 3 atom stereocenters. The van der Waals surface area contributed by atoms with Crippen LogP contribution in [0.1, 0.15) is 37.3 Å². The van der Waals surface area contributed by atoms with Gasteiger partial charge < -0.3 is 10.0 Å². The van der Waals surface area contributed by atoms with Crippen molar-refractivity contribution in [2.75, 3.05) is 13.1 Å². The minimum atomic E-state index is -0.728. The largest absolute Gasteiger partial charge is 0.481 e. The number of carbonyl (C=O) groups excluding carboxylic acids is 1. The zero-order valence-corrected chi connectivity index (χ0v) is 13.7. The summed E-state index contributed by atoms with van der Waals surface area (Å²) in [5.74, 6) is -0.374. The zero-order valence-electron chi connectivity index (χ0n) is 13.7. The number of likely N-dealkylation sites (tertiary alicyclic amines) is 1. The molecule has 4 heteroatoms. The van der Waals surface area contributed by atoms with E-state index in [0.717, 1.165) is 19.3 Å². The fraction of sp³-hybridized carbons (Fsp3) is 0.579. The predicted molar refractivity (Wildman–Crippen MR) is 88.1 cm³/mol. The lowest BCUT2D eigenvalue weighted by Gasteiger charge is -2.36. The molecule has 0 saturated carbocycles. The maximum Gasteiger partial charge on any atom is 0.306 e. The van der Waals surface area contributed by atoms with Crippen LogP contribution in [0.25, 0.3) is 0 Å². The zero-order chi connectivity index (χ0) is 16.4. The van der Waals surface area contributed by atoms with Crippen LogP contribution in [-0.2, 0) is 22.4 Å². The number of aryl methyl sites for hydroxylation is 1. The molecule has 0 aromatic heterocycles. The lowest BCUT2D eigenvalue weighted by Crippen LogP contribution is -2.45. The summed E-state index contributed by atoms with van der Waals surface area (Å²) >= 11 is 0. The minimum Gasteiger partial charge on any atom is -0.481 e. The number of hydrogen-bond acceptors (Lipinski definition) is 2. The van der Waals surface area contributed by atoms with Gasteiger partial charge in [-0.2, -0.15) is 0 Å². The molecule has 1 fully saturated rings. The van der Waals surface area contributed by atoms with E-state index in [4.69, 9.17) is 0 Å². The Morgan fingerprint density at radius 1 is 1.22 bits per heavy atom. The van der Waals surface area contributed by atoms with E-state index in [1.807, 2.05) is 11.8 Å². The summed E-state index contributed by atoms with van der Waals surface area (Å²) in [7, 11) is 0. The molecule has 4 nitrogen and oxygen atoms in total. The van der Waals surface area contributed by atoms with Crippen molar-refractivity contribution in [2.24, 2.45) is 17.8 Å². The Labute approximate surface area is 137 Å². The quantitative estimate of drug-likeness (QED) is 0.933. The number of nitrogens with zero attached hydrogens (tertiary/aromatic N) is 1. The van der Waals surface area contributed by atoms with Crippen LogP contribution < -0.4 is 0 Å². The number of carboxylic acid groups (broad SMARTS) is 1. The van der Waals surface area contributed by atoms with E-state index in [-0.39, 0.29) is 17.7 Å². The van der Waals surface area contributed by atoms with Gasteiger partial charge >= 0.3 is 5.97 Å². The molecular formula is C19H25NO3. The van der Waals surface area contributed by atoms with Gasteiger partial charge in [-0.25, -0.2) is 0 Å². The Bertz CT molecular complexity index is 598. The first-order valence-electron chi connectivity index (χ1n) is 8.62. The summed E-state index contributed by atoms with van der Waals surface area (Å²) in [6.45, 7) is 3.11. The minimum absolute atomic E-state index is 0.0391. The maximum absolute atomic E-state index is 12.6. The van der Waals surface area contributed by atoms with Crippen LogP contribution in [0.4, 0.5) is 0 Å². The summed E-state index contributed by atoms with van der Waals surface area (Å²) in [6, 6.07) is 8.51. The third kappa shape index (κ3) is 3.57. The second-order valence-corrected chi connectivity index (χ2v) is 7.13. The Morgan fingerprint density at radius 2 is 1.96 bits per heavy atom. The van der Waals surface area contributed by atoms with Crippen molar-refractivity contribution in [2.45, 2.75) is 39.0 Å². The predicted octanol–water partition coefficient (Wildman–Crippen LogP) is 2.75. The van der Waals surface area contributed by atoms with Crippen LogP contribution in [0.5, 0.6) is 0 Å². The molecule has 3 rings (SSSR count). The van der Waals surface area contributed by atoms with Crippen LogP contribution in [-0.4, -0.2) is 35.0 Å². The van der Waals surface area contributed by atoms with Crippen molar-refractivity contribution >= 4 is 11.9 Å². The van der Waals surface area contributed by atoms with Gasteiger partial charge in [-0.15, -0.1) is 0 Å². The fourth-order valence-corrected chi connectivity index (χ4v) is 4.06. The van der Waals surface area contributed by atoms with E-state index in [1.54, 1.807) is 0 Å². The van der Waals surface area contributed by atoms with Crippen LogP contribution >= 0.6 is 0 Å². The number of carboxylic acids is 1. The molecule has 1 amide bonds. The molecule has 1 aromatic carbocycles. The van der Waals surface area contributed by atoms with Crippen molar-refractivity contribution in [3.63, 3.8) is 0 Å². The normalized spacial score (nSPS) is 27.3. The number of carbonyl (C=O) groups is 2. The molecular weight excluding hydrogens is 290 g/mol. The van der Waals surface area contributed by atoms with E-state index in [9.17, 15) is 14.7 Å². The van der Waals surface area contributed by atoms with Crippen LogP contribution in [0, 0.1) is 17.8 Å². The van der Waals surface area contributed by atoms with Gasteiger partial charge in [-0.05, 0) is 48.6 Å². The molecule has 2 aliphatic rings. The van der Waals surface area contributed by atoms with Gasteiger partial charge in [0.15, 0.2) is 0 Å². The van der Waals surface area contributed by atoms with Gasteiger partial charge in [-0.3, -0.25) is 9.59 Å². The fourth-order valence-electron chi connectivity index (χ4n) is 4.06. The third-order valence-corrected chi connectivity index (χ3v) is 5.49. The highest BCUT2D eigenvalue weighted by Crippen LogP contribution is 2.29. The first-order valence-corrected chi connectivity index (χ1v) is 8.62. The van der Waals surface area contributed by atoms with Crippen LogP contribution in [0.2, 0.25) is 0 Å². The molecule has 1 aliphatic heterocycles. The molecule has 1 aliphatic carbocycles. The van der Waals surface area contributed by atoms with Crippen LogP contribution in [0.15, 0.2) is 24.3 Å². The van der Waals surface area contributed by atoms with E-state index >= 15 is 0 Å². The summed E-state index contributed by atoms with van der Waals surface area (Å²) in [5.41, 5.74) is 2.81. The average molecular weight is 315 g/mol. The smallest absolute Gasteiger partial charge is 0.306 e. The second kappa shape index (κ2) is 6.73. The summed E-state index contributed by atoms with van der Waals surface area (Å²) in [6.07, 6.45) is 4.30. The highest BCUT2D eigenvalue weighted by Gasteiger charge is 2.33. The van der Waals surface area contributed by atoms with E-state index in [0.29, 0.717) is 31.8 Å². The molecule has 0 unspecified atom stereocenters. The first kappa shape index (κ1) is 16.0. The number of amides is 1. The van der Waals surface area contributed by atoms with Crippen molar-refractivity contribution in [1.29, 1.82) is 0 Å². The number of benzene rings is 1. The number of hydrogen-bond donors (Lipinski definition) is 1. The van der Waals surface area contributed by atoms with Crippen molar-refractivity contribution < 1.29 is 14.7 Å². The monoisotopic (exact) mass is 315 g/mol. The Kier molecular flexibility index (Phi) is 4.69. The maximum atomic E-state index is 12.6. The molecule has 0 radical (unpaired) electrons. The summed E-state index contributed by atoms with van der Waals surface area (Å²) in [4.78, 5) is 25.6. The first-order chi connectivity index (χ1) is 11.0. The average Bonchev–Trinajstić information content (AvgIpc) is 2.54. The van der Waals surface area contributed by atoms with Gasteiger partial charge in [-0.1, -0.05) is 31.2 Å². The van der Waals surface area contributed by atoms with E-state index in [2.05, 4.69) is 24.3 Å². The molecule has 1 saturated heterocycles.